The second-order valence-corrected chi connectivity index (χ2v) is 9.39. The third kappa shape index (κ3) is 5.27. The third-order valence-electron chi connectivity index (χ3n) is 7.19. The molecule has 4 amide bonds. The van der Waals surface area contributed by atoms with Gasteiger partial charge in [-0.1, -0.05) is 0 Å². The highest BCUT2D eigenvalue weighted by atomic mass is 16.6. The molecule has 0 radical (unpaired) electrons. The van der Waals surface area contributed by atoms with E-state index in [-0.39, 0.29) is 24.5 Å². The van der Waals surface area contributed by atoms with Gasteiger partial charge in [0.05, 0.1) is 20.8 Å². The monoisotopic (exact) mass is 524 g/mol. The van der Waals surface area contributed by atoms with Crippen molar-refractivity contribution in [2.45, 2.75) is 25.3 Å². The van der Waals surface area contributed by atoms with E-state index in [0.717, 1.165) is 23.4 Å². The van der Waals surface area contributed by atoms with Crippen LogP contribution in [0, 0.1) is 0 Å². The summed E-state index contributed by atoms with van der Waals surface area (Å²) in [5.41, 5.74) is 2.17. The lowest BCUT2D eigenvalue weighted by Gasteiger charge is -2.38. The van der Waals surface area contributed by atoms with E-state index in [2.05, 4.69) is 10.6 Å². The van der Waals surface area contributed by atoms with Gasteiger partial charge in [-0.05, 0) is 55.2 Å². The molecule has 0 bridgehead atoms. The third-order valence-corrected chi connectivity index (χ3v) is 7.19. The molecule has 11 heteroatoms. The van der Waals surface area contributed by atoms with Crippen LogP contribution < -0.4 is 29.6 Å². The standard InChI is InChI=1S/C27H32N4O7/c1-35-20-3-4-21-17(13-20)5-10-31(27(34)29-21)19-6-8-30(9-7-19)24(32)16-28-26(33)18-14-22(36-2)25-23(15-18)37-11-12-38-25/h3-4,13-15,19H,5-12,16H2,1-2H3,(H,28,33)(H,29,34). The second-order valence-electron chi connectivity index (χ2n) is 9.39. The van der Waals surface area contributed by atoms with Crippen LogP contribution in [-0.2, 0) is 11.2 Å². The minimum Gasteiger partial charge on any atom is -0.497 e. The molecule has 3 heterocycles. The van der Waals surface area contributed by atoms with E-state index in [0.29, 0.717) is 68.5 Å². The van der Waals surface area contributed by atoms with Crippen LogP contribution in [0.5, 0.6) is 23.0 Å². The van der Waals surface area contributed by atoms with Crippen molar-refractivity contribution in [2.24, 2.45) is 0 Å². The minimum atomic E-state index is -0.402. The van der Waals surface area contributed by atoms with Crippen LogP contribution in [0.3, 0.4) is 0 Å². The number of carbonyl (C=O) groups excluding carboxylic acids is 3. The molecule has 0 aromatic heterocycles. The fourth-order valence-corrected chi connectivity index (χ4v) is 5.10. The molecule has 1 fully saturated rings. The van der Waals surface area contributed by atoms with Gasteiger partial charge in [0.2, 0.25) is 11.7 Å². The Kier molecular flexibility index (Phi) is 7.43. The fraction of sp³-hybridized carbons (Fsp3) is 0.444. The van der Waals surface area contributed by atoms with E-state index in [1.807, 2.05) is 23.1 Å². The maximum atomic E-state index is 12.9. The van der Waals surface area contributed by atoms with E-state index >= 15 is 0 Å². The minimum absolute atomic E-state index is 0.0371. The predicted molar refractivity (Wildman–Crippen MR) is 138 cm³/mol. The molecule has 202 valence electrons. The SMILES string of the molecule is COc1ccc2c(c1)CCN(C1CCN(C(=O)CNC(=O)c3cc(OC)c4c(c3)OCCO4)CC1)C(=O)N2. The highest BCUT2D eigenvalue weighted by molar-refractivity contribution is 5.97. The summed E-state index contributed by atoms with van der Waals surface area (Å²) in [6, 6.07) is 8.72. The van der Waals surface area contributed by atoms with Crippen LogP contribution in [0.1, 0.15) is 28.8 Å². The molecule has 2 aromatic carbocycles. The molecule has 3 aliphatic rings. The van der Waals surface area contributed by atoms with Crippen molar-refractivity contribution in [1.82, 2.24) is 15.1 Å². The lowest BCUT2D eigenvalue weighted by atomic mass is 10.0. The quantitative estimate of drug-likeness (QED) is 0.595. The average molecular weight is 525 g/mol. The normalized spacial score (nSPS) is 17.2. The first kappa shape index (κ1) is 25.5. The van der Waals surface area contributed by atoms with Gasteiger partial charge in [0.25, 0.3) is 5.91 Å². The highest BCUT2D eigenvalue weighted by Crippen LogP contribution is 2.40. The van der Waals surface area contributed by atoms with Gasteiger partial charge in [-0.15, -0.1) is 0 Å². The van der Waals surface area contributed by atoms with E-state index in [9.17, 15) is 14.4 Å². The lowest BCUT2D eigenvalue weighted by Crippen LogP contribution is -2.51. The van der Waals surface area contributed by atoms with E-state index in [1.54, 1.807) is 24.1 Å². The largest absolute Gasteiger partial charge is 0.497 e. The predicted octanol–water partition coefficient (Wildman–Crippen LogP) is 2.29. The number of nitrogens with zero attached hydrogens (tertiary/aromatic N) is 2. The maximum Gasteiger partial charge on any atom is 0.322 e. The van der Waals surface area contributed by atoms with E-state index in [1.165, 1.54) is 7.11 Å². The van der Waals surface area contributed by atoms with Gasteiger partial charge < -0.3 is 39.4 Å². The number of nitrogens with one attached hydrogen (secondary N) is 2. The number of amides is 4. The topological polar surface area (TPSA) is 119 Å². The highest BCUT2D eigenvalue weighted by Gasteiger charge is 2.31. The number of likely N-dealkylation sites (tertiary alicyclic amines) is 1. The van der Waals surface area contributed by atoms with Gasteiger partial charge in [0.15, 0.2) is 11.5 Å². The van der Waals surface area contributed by atoms with Crippen LogP contribution in [0.4, 0.5) is 10.5 Å². The van der Waals surface area contributed by atoms with E-state index in [4.69, 9.17) is 18.9 Å². The van der Waals surface area contributed by atoms with Gasteiger partial charge >= 0.3 is 6.03 Å². The smallest absolute Gasteiger partial charge is 0.322 e. The zero-order chi connectivity index (χ0) is 26.6. The second kappa shape index (κ2) is 11.1. The summed E-state index contributed by atoms with van der Waals surface area (Å²) >= 11 is 0. The van der Waals surface area contributed by atoms with Crippen LogP contribution >= 0.6 is 0 Å². The summed E-state index contributed by atoms with van der Waals surface area (Å²) in [5.74, 6) is 1.51. The molecule has 0 atom stereocenters. The average Bonchev–Trinajstić information content (AvgIpc) is 3.12. The Morgan fingerprint density at radius 2 is 1.84 bits per heavy atom. The number of hydrogen-bond acceptors (Lipinski definition) is 7. The van der Waals surface area contributed by atoms with Crippen molar-refractivity contribution in [3.63, 3.8) is 0 Å². The Bertz CT molecular complexity index is 1210. The van der Waals surface area contributed by atoms with Gasteiger partial charge in [-0.3, -0.25) is 9.59 Å². The van der Waals surface area contributed by atoms with Crippen LogP contribution in [0.25, 0.3) is 0 Å². The molecule has 0 spiro atoms. The molecular weight excluding hydrogens is 492 g/mol. The molecule has 38 heavy (non-hydrogen) atoms. The van der Waals surface area contributed by atoms with Gasteiger partial charge in [0, 0.05) is 36.9 Å². The van der Waals surface area contributed by atoms with Crippen molar-refractivity contribution in [1.29, 1.82) is 0 Å². The molecule has 0 unspecified atom stereocenters. The molecule has 0 aliphatic carbocycles. The fourth-order valence-electron chi connectivity index (χ4n) is 5.10. The van der Waals surface area contributed by atoms with Crippen molar-refractivity contribution in [3.8, 4) is 23.0 Å². The van der Waals surface area contributed by atoms with Crippen molar-refractivity contribution < 1.29 is 33.3 Å². The molecule has 11 nitrogen and oxygen atoms in total. The summed E-state index contributed by atoms with van der Waals surface area (Å²) in [7, 11) is 3.12. The number of benzene rings is 2. The summed E-state index contributed by atoms with van der Waals surface area (Å²) in [5, 5.41) is 5.70. The summed E-state index contributed by atoms with van der Waals surface area (Å²) in [4.78, 5) is 42.1. The number of carbonyl (C=O) groups is 3. The number of hydrogen-bond donors (Lipinski definition) is 2. The first-order valence-corrected chi connectivity index (χ1v) is 12.7. The van der Waals surface area contributed by atoms with Crippen LogP contribution in [0.15, 0.2) is 30.3 Å². The number of urea groups is 1. The number of rotatable bonds is 6. The lowest BCUT2D eigenvalue weighted by molar-refractivity contribution is -0.131. The number of anilines is 1. The zero-order valence-corrected chi connectivity index (χ0v) is 21.6. The van der Waals surface area contributed by atoms with Gasteiger partial charge in [-0.2, -0.15) is 0 Å². The first-order chi connectivity index (χ1) is 18.5. The summed E-state index contributed by atoms with van der Waals surface area (Å²) in [6.07, 6.45) is 2.07. The Balaban J connectivity index is 1.13. The molecule has 2 aromatic rings. The Labute approximate surface area is 221 Å². The summed E-state index contributed by atoms with van der Waals surface area (Å²) in [6.45, 7) is 2.30. The van der Waals surface area contributed by atoms with Crippen LogP contribution in [-0.4, -0.2) is 87.3 Å². The molecule has 0 saturated carbocycles. The Hall–Kier alpha value is -4.15. The van der Waals surface area contributed by atoms with Crippen LogP contribution in [0.2, 0.25) is 0 Å². The van der Waals surface area contributed by atoms with Gasteiger partial charge in [0.1, 0.15) is 19.0 Å². The number of ether oxygens (including phenoxy) is 4. The van der Waals surface area contributed by atoms with Gasteiger partial charge in [-0.25, -0.2) is 4.79 Å². The number of piperidine rings is 1. The van der Waals surface area contributed by atoms with Crippen molar-refractivity contribution >= 4 is 23.5 Å². The molecule has 1 saturated heterocycles. The van der Waals surface area contributed by atoms with Crippen molar-refractivity contribution in [3.05, 3.63) is 41.5 Å². The Morgan fingerprint density at radius 1 is 1.05 bits per heavy atom. The number of methoxy groups -OCH3 is 2. The first-order valence-electron chi connectivity index (χ1n) is 12.7. The van der Waals surface area contributed by atoms with Crippen molar-refractivity contribution in [2.75, 3.05) is 58.9 Å². The maximum absolute atomic E-state index is 12.9. The molecule has 5 rings (SSSR count). The van der Waals surface area contributed by atoms with E-state index < -0.39 is 5.91 Å². The number of fused-ring (bicyclic) bond motifs is 2. The summed E-state index contributed by atoms with van der Waals surface area (Å²) < 4.78 is 21.8. The molecule has 3 aliphatic heterocycles. The molecular formula is C27H32N4O7. The molecule has 2 N–H and O–H groups in total. The Morgan fingerprint density at radius 3 is 2.61 bits per heavy atom. The zero-order valence-electron chi connectivity index (χ0n) is 21.6.